The first-order chi connectivity index (χ1) is 11.7. The second kappa shape index (κ2) is 7.21. The Morgan fingerprint density at radius 2 is 2.29 bits per heavy atom. The fourth-order valence-electron chi connectivity index (χ4n) is 2.86. The van der Waals surface area contributed by atoms with Crippen molar-refractivity contribution in [2.45, 2.75) is 19.8 Å². The van der Waals surface area contributed by atoms with Gasteiger partial charge in [-0.05, 0) is 30.1 Å². The molecule has 0 amide bonds. The molecule has 1 unspecified atom stereocenters. The Balaban J connectivity index is 1.61. The molecule has 2 aromatic rings. The van der Waals surface area contributed by atoms with Gasteiger partial charge >= 0.3 is 0 Å². The SMILES string of the molecule is COc1cc(C#N)ccc1OCC1CCCN(c2noc(C)n2)C1. The lowest BCUT2D eigenvalue weighted by Gasteiger charge is -2.31. The average Bonchev–Trinajstić information content (AvgIpc) is 3.06. The molecule has 0 spiro atoms. The minimum absolute atomic E-state index is 0.373. The van der Waals surface area contributed by atoms with Gasteiger partial charge in [0.2, 0.25) is 5.89 Å². The van der Waals surface area contributed by atoms with Crippen LogP contribution in [0.5, 0.6) is 11.5 Å². The van der Waals surface area contributed by atoms with Gasteiger partial charge < -0.3 is 18.9 Å². The second-order valence-corrected chi connectivity index (χ2v) is 5.86. The first-order valence-electron chi connectivity index (χ1n) is 7.96. The fourth-order valence-corrected chi connectivity index (χ4v) is 2.86. The molecule has 0 saturated carbocycles. The lowest BCUT2D eigenvalue weighted by atomic mass is 9.99. The van der Waals surface area contributed by atoms with Crippen LogP contribution in [0.3, 0.4) is 0 Å². The number of hydrogen-bond acceptors (Lipinski definition) is 7. The van der Waals surface area contributed by atoms with Gasteiger partial charge in [0.1, 0.15) is 0 Å². The number of hydrogen-bond donors (Lipinski definition) is 0. The second-order valence-electron chi connectivity index (χ2n) is 5.86. The summed E-state index contributed by atoms with van der Waals surface area (Å²) in [6.07, 6.45) is 2.15. The average molecular weight is 328 g/mol. The van der Waals surface area contributed by atoms with Gasteiger partial charge in [0.05, 0.1) is 25.3 Å². The molecule has 7 heteroatoms. The third-order valence-electron chi connectivity index (χ3n) is 4.09. The maximum Gasteiger partial charge on any atom is 0.266 e. The third-order valence-corrected chi connectivity index (χ3v) is 4.09. The molecule has 0 bridgehead atoms. The van der Waals surface area contributed by atoms with E-state index in [0.29, 0.717) is 41.4 Å². The van der Waals surface area contributed by atoms with Crippen LogP contribution in [0, 0.1) is 24.2 Å². The molecule has 2 heterocycles. The third kappa shape index (κ3) is 3.59. The zero-order valence-electron chi connectivity index (χ0n) is 13.9. The van der Waals surface area contributed by atoms with Crippen LogP contribution < -0.4 is 14.4 Å². The summed E-state index contributed by atoms with van der Waals surface area (Å²) >= 11 is 0. The van der Waals surface area contributed by atoms with E-state index in [1.807, 2.05) is 0 Å². The van der Waals surface area contributed by atoms with Gasteiger partial charge in [0.25, 0.3) is 5.95 Å². The molecular formula is C17H20N4O3. The minimum Gasteiger partial charge on any atom is -0.493 e. The van der Waals surface area contributed by atoms with Crippen molar-refractivity contribution < 1.29 is 14.0 Å². The van der Waals surface area contributed by atoms with Gasteiger partial charge in [0, 0.05) is 32.0 Å². The number of nitriles is 1. The van der Waals surface area contributed by atoms with E-state index in [1.165, 1.54) is 0 Å². The molecule has 1 aliphatic rings. The summed E-state index contributed by atoms with van der Waals surface area (Å²) in [7, 11) is 1.57. The Morgan fingerprint density at radius 1 is 1.42 bits per heavy atom. The molecule has 1 aromatic heterocycles. The van der Waals surface area contributed by atoms with E-state index in [9.17, 15) is 0 Å². The summed E-state index contributed by atoms with van der Waals surface area (Å²) < 4.78 is 16.3. The lowest BCUT2D eigenvalue weighted by Crippen LogP contribution is -2.38. The van der Waals surface area contributed by atoms with E-state index in [1.54, 1.807) is 32.2 Å². The molecule has 0 radical (unpaired) electrons. The van der Waals surface area contributed by atoms with E-state index < -0.39 is 0 Å². The molecule has 1 aromatic carbocycles. The van der Waals surface area contributed by atoms with E-state index >= 15 is 0 Å². The highest BCUT2D eigenvalue weighted by atomic mass is 16.5. The number of ether oxygens (including phenoxy) is 2. The highest BCUT2D eigenvalue weighted by molar-refractivity contribution is 5.46. The van der Waals surface area contributed by atoms with Crippen LogP contribution in [0.15, 0.2) is 22.7 Å². The Hall–Kier alpha value is -2.75. The summed E-state index contributed by atoms with van der Waals surface area (Å²) in [6.45, 7) is 4.13. The van der Waals surface area contributed by atoms with Crippen molar-refractivity contribution in [3.8, 4) is 17.6 Å². The number of nitrogens with zero attached hydrogens (tertiary/aromatic N) is 4. The van der Waals surface area contributed by atoms with Crippen molar-refractivity contribution >= 4 is 5.95 Å². The van der Waals surface area contributed by atoms with Crippen molar-refractivity contribution in [1.29, 1.82) is 5.26 Å². The molecule has 3 rings (SSSR count). The summed E-state index contributed by atoms with van der Waals surface area (Å²) in [6, 6.07) is 7.29. The Kier molecular flexibility index (Phi) is 4.85. The number of aryl methyl sites for hydroxylation is 1. The van der Waals surface area contributed by atoms with Crippen LogP contribution >= 0.6 is 0 Å². The van der Waals surface area contributed by atoms with E-state index in [-0.39, 0.29) is 0 Å². The van der Waals surface area contributed by atoms with Gasteiger partial charge in [-0.1, -0.05) is 0 Å². The van der Waals surface area contributed by atoms with Crippen molar-refractivity contribution in [2.75, 3.05) is 31.7 Å². The number of benzene rings is 1. The number of piperidine rings is 1. The van der Waals surface area contributed by atoms with Crippen LogP contribution in [0.4, 0.5) is 5.95 Å². The first-order valence-corrected chi connectivity index (χ1v) is 7.96. The molecule has 1 saturated heterocycles. The standard InChI is InChI=1S/C17H20N4O3/c1-12-19-17(20-24-12)21-7-3-4-14(10-21)11-23-15-6-5-13(9-18)8-16(15)22-2/h5-6,8,14H,3-4,7,10-11H2,1-2H3. The summed E-state index contributed by atoms with van der Waals surface area (Å²) in [4.78, 5) is 6.42. The van der Waals surface area contributed by atoms with Crippen molar-refractivity contribution in [1.82, 2.24) is 10.1 Å². The molecule has 126 valence electrons. The normalized spacial score (nSPS) is 17.4. The molecule has 0 aliphatic carbocycles. The largest absolute Gasteiger partial charge is 0.493 e. The van der Waals surface area contributed by atoms with E-state index in [0.717, 1.165) is 25.9 Å². The predicted molar refractivity (Wildman–Crippen MR) is 87.2 cm³/mol. The zero-order chi connectivity index (χ0) is 16.9. The molecule has 1 aliphatic heterocycles. The van der Waals surface area contributed by atoms with Gasteiger partial charge in [-0.2, -0.15) is 10.2 Å². The molecule has 1 atom stereocenters. The Labute approximate surface area is 140 Å². The number of anilines is 1. The fraction of sp³-hybridized carbons (Fsp3) is 0.471. The molecule has 1 fully saturated rings. The topological polar surface area (TPSA) is 84.4 Å². The predicted octanol–water partition coefficient (Wildman–Crippen LogP) is 2.55. The molecule has 24 heavy (non-hydrogen) atoms. The van der Waals surface area contributed by atoms with Crippen LogP contribution in [0.1, 0.15) is 24.3 Å². The van der Waals surface area contributed by atoms with Crippen LogP contribution in [0.2, 0.25) is 0 Å². The van der Waals surface area contributed by atoms with Gasteiger partial charge in [0.15, 0.2) is 11.5 Å². The molecule has 0 N–H and O–H groups in total. The van der Waals surface area contributed by atoms with Crippen molar-refractivity contribution in [3.05, 3.63) is 29.7 Å². The van der Waals surface area contributed by atoms with E-state index in [2.05, 4.69) is 21.1 Å². The maximum absolute atomic E-state index is 8.95. The minimum atomic E-state index is 0.373. The summed E-state index contributed by atoms with van der Waals surface area (Å²) in [5.74, 6) is 2.83. The maximum atomic E-state index is 8.95. The summed E-state index contributed by atoms with van der Waals surface area (Å²) in [5.41, 5.74) is 0.551. The Morgan fingerprint density at radius 3 is 3.00 bits per heavy atom. The Bertz CT molecular complexity index is 738. The van der Waals surface area contributed by atoms with Crippen molar-refractivity contribution in [3.63, 3.8) is 0 Å². The lowest BCUT2D eigenvalue weighted by molar-refractivity contribution is 0.219. The van der Waals surface area contributed by atoms with E-state index in [4.69, 9.17) is 19.3 Å². The quantitative estimate of drug-likeness (QED) is 0.834. The molecule has 7 nitrogen and oxygen atoms in total. The van der Waals surface area contributed by atoms with Crippen LogP contribution in [-0.2, 0) is 0 Å². The van der Waals surface area contributed by atoms with Gasteiger partial charge in [-0.15, -0.1) is 0 Å². The van der Waals surface area contributed by atoms with Gasteiger partial charge in [-0.3, -0.25) is 0 Å². The van der Waals surface area contributed by atoms with Gasteiger partial charge in [-0.25, -0.2) is 0 Å². The number of aromatic nitrogens is 2. The van der Waals surface area contributed by atoms with Crippen LogP contribution in [0.25, 0.3) is 0 Å². The summed E-state index contributed by atoms with van der Waals surface area (Å²) in [5, 5.41) is 12.9. The number of rotatable bonds is 5. The van der Waals surface area contributed by atoms with Crippen molar-refractivity contribution in [2.24, 2.45) is 5.92 Å². The zero-order valence-corrected chi connectivity index (χ0v) is 13.9. The monoisotopic (exact) mass is 328 g/mol. The highest BCUT2D eigenvalue weighted by Gasteiger charge is 2.24. The first kappa shape index (κ1) is 16.1. The van der Waals surface area contributed by atoms with Crippen LogP contribution in [-0.4, -0.2) is 36.9 Å². The number of methoxy groups -OCH3 is 1. The molecular weight excluding hydrogens is 308 g/mol. The smallest absolute Gasteiger partial charge is 0.266 e. The highest BCUT2D eigenvalue weighted by Crippen LogP contribution is 2.29.